The van der Waals surface area contributed by atoms with E-state index in [9.17, 15) is 13.2 Å². The Hall–Kier alpha value is -1.38. The maximum absolute atomic E-state index is 11.8. The van der Waals surface area contributed by atoms with Crippen LogP contribution in [0.4, 0.5) is 0 Å². The number of carboxylic acid groups (broad SMARTS) is 1. The van der Waals surface area contributed by atoms with Gasteiger partial charge in [-0.2, -0.15) is 0 Å². The third kappa shape index (κ3) is 2.55. The first-order chi connectivity index (χ1) is 8.45. The third-order valence-electron chi connectivity index (χ3n) is 2.61. The highest BCUT2D eigenvalue weighted by Crippen LogP contribution is 2.37. The van der Waals surface area contributed by atoms with Gasteiger partial charge in [0, 0.05) is 12.2 Å². The molecule has 1 aliphatic carbocycles. The van der Waals surface area contributed by atoms with Gasteiger partial charge in [0.25, 0.3) is 10.0 Å². The highest BCUT2D eigenvalue weighted by molar-refractivity contribution is 7.89. The fourth-order valence-electron chi connectivity index (χ4n) is 1.61. The molecule has 7 nitrogen and oxygen atoms in total. The van der Waals surface area contributed by atoms with Crippen molar-refractivity contribution < 1.29 is 23.2 Å². The van der Waals surface area contributed by atoms with Gasteiger partial charge in [-0.05, 0) is 25.8 Å². The molecule has 0 atom stereocenters. The molecule has 1 saturated carbocycles. The van der Waals surface area contributed by atoms with Gasteiger partial charge in [0.15, 0.2) is 0 Å². The van der Waals surface area contributed by atoms with E-state index >= 15 is 0 Å². The molecule has 0 radical (unpaired) electrons. The van der Waals surface area contributed by atoms with Gasteiger partial charge in [-0.25, -0.2) is 13.2 Å². The van der Waals surface area contributed by atoms with Gasteiger partial charge < -0.3 is 9.67 Å². The van der Waals surface area contributed by atoms with Crippen LogP contribution in [-0.4, -0.2) is 30.7 Å². The highest BCUT2D eigenvalue weighted by atomic mass is 32.2. The largest absolute Gasteiger partial charge is 0.477 e. The molecule has 1 aromatic heterocycles. The average molecular weight is 274 g/mol. The number of carboxylic acids is 1. The highest BCUT2D eigenvalue weighted by Gasteiger charge is 2.30. The first kappa shape index (κ1) is 13.1. The van der Waals surface area contributed by atoms with Crippen molar-refractivity contribution in [2.24, 2.45) is 0 Å². The summed E-state index contributed by atoms with van der Waals surface area (Å²) in [6.45, 7) is 1.83. The molecule has 2 N–H and O–H groups in total. The Bertz CT molecular complexity index is 559. The van der Waals surface area contributed by atoms with Crippen molar-refractivity contribution in [3.05, 3.63) is 18.0 Å². The molecule has 1 heterocycles. The van der Waals surface area contributed by atoms with E-state index in [1.54, 1.807) is 6.92 Å². The second-order valence-electron chi connectivity index (χ2n) is 4.02. The Labute approximate surface area is 104 Å². The topological polar surface area (TPSA) is 97.6 Å². The van der Waals surface area contributed by atoms with Crippen molar-refractivity contribution >= 4 is 16.0 Å². The van der Waals surface area contributed by atoms with Crippen LogP contribution in [0.2, 0.25) is 0 Å². The maximum atomic E-state index is 11.8. The lowest BCUT2D eigenvalue weighted by molar-refractivity contribution is 0.0685. The first-order valence-corrected chi connectivity index (χ1v) is 7.02. The van der Waals surface area contributed by atoms with Crippen LogP contribution >= 0.6 is 0 Å². The smallest absolute Gasteiger partial charge is 0.352 e. The number of nitrogens with zero attached hydrogens (tertiary/aromatic N) is 1. The van der Waals surface area contributed by atoms with Crippen LogP contribution in [0.1, 0.15) is 36.3 Å². The standard InChI is InChI=1S/C10H14N2O5S/c1-2-17-11-18(15,16)8-5-9(10(13)14)12(6-8)7-3-4-7/h5-7,11H,2-4H2,1H3,(H,13,14). The molecule has 0 aliphatic heterocycles. The number of nitrogens with one attached hydrogen (secondary N) is 1. The summed E-state index contributed by atoms with van der Waals surface area (Å²) in [6, 6.07) is 1.23. The van der Waals surface area contributed by atoms with Crippen molar-refractivity contribution in [2.45, 2.75) is 30.7 Å². The molecule has 0 amide bonds. The van der Waals surface area contributed by atoms with E-state index in [1.165, 1.54) is 10.8 Å². The molecule has 18 heavy (non-hydrogen) atoms. The minimum absolute atomic E-state index is 0.0191. The molecule has 0 bridgehead atoms. The van der Waals surface area contributed by atoms with E-state index in [4.69, 9.17) is 5.11 Å². The summed E-state index contributed by atoms with van der Waals surface area (Å²) in [7, 11) is -3.82. The predicted molar refractivity (Wildman–Crippen MR) is 61.6 cm³/mol. The number of hydrogen-bond acceptors (Lipinski definition) is 4. The van der Waals surface area contributed by atoms with E-state index in [0.29, 0.717) is 0 Å². The van der Waals surface area contributed by atoms with Gasteiger partial charge in [-0.1, -0.05) is 4.89 Å². The lowest BCUT2D eigenvalue weighted by Gasteiger charge is -2.03. The molecule has 0 unspecified atom stereocenters. The minimum atomic E-state index is -3.82. The zero-order valence-corrected chi connectivity index (χ0v) is 10.6. The number of sulfonamides is 1. The second-order valence-corrected chi connectivity index (χ2v) is 5.67. The van der Waals surface area contributed by atoms with E-state index in [1.807, 2.05) is 4.89 Å². The Morgan fingerprint density at radius 2 is 2.28 bits per heavy atom. The summed E-state index contributed by atoms with van der Waals surface area (Å²) in [5, 5.41) is 9.03. The summed E-state index contributed by atoms with van der Waals surface area (Å²) in [5.74, 6) is -1.14. The Morgan fingerprint density at radius 1 is 1.61 bits per heavy atom. The molecule has 0 saturated heterocycles. The summed E-state index contributed by atoms with van der Waals surface area (Å²) < 4.78 is 25.0. The number of rotatable bonds is 6. The van der Waals surface area contributed by atoms with Gasteiger partial charge in [0.2, 0.25) is 0 Å². The predicted octanol–water partition coefficient (Wildman–Crippen LogP) is 0.751. The van der Waals surface area contributed by atoms with Crippen molar-refractivity contribution in [1.82, 2.24) is 9.45 Å². The van der Waals surface area contributed by atoms with Crippen molar-refractivity contribution in [3.8, 4) is 0 Å². The van der Waals surface area contributed by atoms with Gasteiger partial charge in [-0.15, -0.1) is 0 Å². The van der Waals surface area contributed by atoms with Crippen LogP contribution in [-0.2, 0) is 14.9 Å². The molecule has 2 rings (SSSR count). The number of aromatic carboxylic acids is 1. The van der Waals surface area contributed by atoms with E-state index in [-0.39, 0.29) is 23.2 Å². The quantitative estimate of drug-likeness (QED) is 0.746. The number of hydrogen-bond donors (Lipinski definition) is 2. The summed E-state index contributed by atoms with van der Waals surface area (Å²) in [6.07, 6.45) is 3.07. The third-order valence-corrected chi connectivity index (χ3v) is 3.79. The molecule has 0 aromatic carbocycles. The number of carbonyl (C=O) groups is 1. The zero-order chi connectivity index (χ0) is 13.3. The minimum Gasteiger partial charge on any atom is -0.477 e. The van der Waals surface area contributed by atoms with Crippen LogP contribution in [0.3, 0.4) is 0 Å². The Balaban J connectivity index is 2.34. The number of aromatic nitrogens is 1. The zero-order valence-electron chi connectivity index (χ0n) is 9.79. The molecule has 100 valence electrons. The molecule has 8 heteroatoms. The molecule has 1 aromatic rings. The fraction of sp³-hybridized carbons (Fsp3) is 0.500. The van der Waals surface area contributed by atoms with E-state index in [0.717, 1.165) is 18.9 Å². The van der Waals surface area contributed by atoms with Crippen LogP contribution in [0, 0.1) is 0 Å². The molecule has 1 aliphatic rings. The van der Waals surface area contributed by atoms with Crippen LogP contribution in [0.15, 0.2) is 17.2 Å². The lowest BCUT2D eigenvalue weighted by Crippen LogP contribution is -2.23. The normalized spacial score (nSPS) is 15.8. The molecule has 1 fully saturated rings. The summed E-state index contributed by atoms with van der Waals surface area (Å²) in [5.41, 5.74) is -0.0191. The summed E-state index contributed by atoms with van der Waals surface area (Å²) >= 11 is 0. The van der Waals surface area contributed by atoms with Crippen molar-refractivity contribution in [2.75, 3.05) is 6.61 Å². The average Bonchev–Trinajstić information content (AvgIpc) is 3.04. The van der Waals surface area contributed by atoms with Gasteiger partial charge in [0.05, 0.1) is 6.61 Å². The van der Waals surface area contributed by atoms with Crippen LogP contribution in [0.5, 0.6) is 0 Å². The van der Waals surface area contributed by atoms with Gasteiger partial charge in [-0.3, -0.25) is 4.84 Å². The lowest BCUT2D eigenvalue weighted by atomic mass is 10.4. The first-order valence-electron chi connectivity index (χ1n) is 5.54. The monoisotopic (exact) mass is 274 g/mol. The van der Waals surface area contributed by atoms with Gasteiger partial charge in [0.1, 0.15) is 10.6 Å². The molecular formula is C10H14N2O5S. The van der Waals surface area contributed by atoms with E-state index < -0.39 is 16.0 Å². The Kier molecular flexibility index (Phi) is 3.42. The maximum Gasteiger partial charge on any atom is 0.352 e. The van der Waals surface area contributed by atoms with Crippen molar-refractivity contribution in [3.63, 3.8) is 0 Å². The van der Waals surface area contributed by atoms with E-state index in [2.05, 4.69) is 4.84 Å². The Morgan fingerprint density at radius 3 is 2.78 bits per heavy atom. The molecule has 0 spiro atoms. The van der Waals surface area contributed by atoms with Crippen molar-refractivity contribution in [1.29, 1.82) is 0 Å². The molecular weight excluding hydrogens is 260 g/mol. The summed E-state index contributed by atoms with van der Waals surface area (Å²) in [4.78, 5) is 17.5. The SMILES string of the molecule is CCONS(=O)(=O)c1cc(C(=O)O)n(C2CC2)c1. The van der Waals surface area contributed by atoms with Gasteiger partial charge >= 0.3 is 5.97 Å². The fourth-order valence-corrected chi connectivity index (χ4v) is 2.50. The second kappa shape index (κ2) is 4.71. The van der Waals surface area contributed by atoms with Crippen LogP contribution < -0.4 is 4.89 Å². The van der Waals surface area contributed by atoms with Crippen LogP contribution in [0.25, 0.3) is 0 Å².